The lowest BCUT2D eigenvalue weighted by Gasteiger charge is -2.34. The monoisotopic (exact) mass is 377 g/mol. The molecule has 1 aliphatic carbocycles. The topological polar surface area (TPSA) is 72.5 Å². The highest BCUT2D eigenvalue weighted by Crippen LogP contribution is 2.44. The molecule has 26 heavy (non-hydrogen) atoms. The van der Waals surface area contributed by atoms with Gasteiger partial charge < -0.3 is 9.50 Å². The Bertz CT molecular complexity index is 854. The molecule has 1 aromatic rings. The fourth-order valence-electron chi connectivity index (χ4n) is 4.34. The van der Waals surface area contributed by atoms with Gasteiger partial charge >= 0.3 is 10.1 Å². The van der Waals surface area contributed by atoms with Crippen molar-refractivity contribution in [3.8, 4) is 0 Å². The molecule has 6 heteroatoms. The lowest BCUT2D eigenvalue weighted by Crippen LogP contribution is -2.46. The highest BCUT2D eigenvalue weighted by Gasteiger charge is 2.49. The summed E-state index contributed by atoms with van der Waals surface area (Å²) in [6.45, 7) is 6.02. The molecule has 1 fully saturated rings. The molecule has 142 valence electrons. The minimum atomic E-state index is -3.74. The van der Waals surface area contributed by atoms with Crippen LogP contribution in [0.2, 0.25) is 0 Å². The fraction of sp³-hybridized carbons (Fsp3) is 0.550. The van der Waals surface area contributed by atoms with Gasteiger partial charge in [-0.1, -0.05) is 38.3 Å². The van der Waals surface area contributed by atoms with E-state index < -0.39 is 15.7 Å². The molecule has 0 radical (unpaired) electrons. The smallest absolute Gasteiger partial charge is 0.306 e. The van der Waals surface area contributed by atoms with Crippen LogP contribution in [0.4, 0.5) is 0 Å². The van der Waals surface area contributed by atoms with Crippen molar-refractivity contribution in [3.05, 3.63) is 40.1 Å². The van der Waals surface area contributed by atoms with Crippen LogP contribution in [0.1, 0.15) is 61.3 Å². The zero-order chi connectivity index (χ0) is 19.1. The number of aryl methyl sites for hydroxylation is 3. The Labute approximate surface area is 155 Å². The average Bonchev–Trinajstić information content (AvgIpc) is 2.78. The van der Waals surface area contributed by atoms with Gasteiger partial charge in [-0.15, -0.1) is 0 Å². The Morgan fingerprint density at radius 2 is 1.69 bits per heavy atom. The van der Waals surface area contributed by atoms with Crippen LogP contribution in [0.5, 0.6) is 0 Å². The molecule has 1 spiro atoms. The second-order valence-corrected chi connectivity index (χ2v) is 9.12. The second-order valence-electron chi connectivity index (χ2n) is 7.55. The molecule has 1 saturated carbocycles. The van der Waals surface area contributed by atoms with Crippen molar-refractivity contribution in [1.29, 1.82) is 0 Å². The summed E-state index contributed by atoms with van der Waals surface area (Å²) in [6, 6.07) is 4.12. The first-order chi connectivity index (χ1) is 12.2. The number of hydrogen-bond donors (Lipinski definition) is 1. The highest BCUT2D eigenvalue weighted by atomic mass is 32.2. The predicted octanol–water partition coefficient (Wildman–Crippen LogP) is 3.39. The van der Waals surface area contributed by atoms with Crippen molar-refractivity contribution in [2.24, 2.45) is 0 Å². The normalized spacial score (nSPS) is 19.8. The van der Waals surface area contributed by atoms with E-state index in [0.29, 0.717) is 24.2 Å². The van der Waals surface area contributed by atoms with Crippen LogP contribution in [0.3, 0.4) is 0 Å². The maximum absolute atomic E-state index is 13.0. The van der Waals surface area contributed by atoms with Crippen molar-refractivity contribution in [1.82, 2.24) is 5.32 Å². The van der Waals surface area contributed by atoms with E-state index in [1.54, 1.807) is 0 Å². The van der Waals surface area contributed by atoms with Crippen LogP contribution in [0.15, 0.2) is 17.9 Å². The van der Waals surface area contributed by atoms with E-state index in [-0.39, 0.29) is 5.91 Å². The molecule has 1 N–H and O–H groups in total. The molecule has 0 aromatic heterocycles. The van der Waals surface area contributed by atoms with E-state index in [2.05, 4.69) is 24.4 Å². The van der Waals surface area contributed by atoms with E-state index in [1.807, 2.05) is 13.8 Å². The summed E-state index contributed by atoms with van der Waals surface area (Å²) < 4.78 is 29.4. The summed E-state index contributed by atoms with van der Waals surface area (Å²) in [5.41, 5.74) is 3.61. The minimum Gasteiger partial charge on any atom is -0.384 e. The van der Waals surface area contributed by atoms with E-state index in [4.69, 9.17) is 4.18 Å². The van der Waals surface area contributed by atoms with Crippen LogP contribution < -0.4 is 5.32 Å². The zero-order valence-electron chi connectivity index (χ0n) is 15.9. The molecule has 3 rings (SSSR count). The largest absolute Gasteiger partial charge is 0.384 e. The Kier molecular flexibility index (Phi) is 4.90. The van der Waals surface area contributed by atoms with Gasteiger partial charge in [-0.3, -0.25) is 4.79 Å². The first kappa shape index (κ1) is 19.0. The molecule has 2 aliphatic rings. The van der Waals surface area contributed by atoms with Crippen molar-refractivity contribution in [3.63, 3.8) is 0 Å². The molecule has 1 heterocycles. The van der Waals surface area contributed by atoms with Crippen molar-refractivity contribution < 1.29 is 17.4 Å². The Morgan fingerprint density at radius 3 is 2.19 bits per heavy atom. The first-order valence-electron chi connectivity index (χ1n) is 9.24. The summed E-state index contributed by atoms with van der Waals surface area (Å²) in [5.74, 6) is 0.0566. The SMILES string of the molecule is CCc1cc(C)c(C2=C(OS(C)(=O)=O)C3(CCCCC3)NC2=O)c(C)c1. The molecule has 0 unspecified atom stereocenters. The first-order valence-corrected chi connectivity index (χ1v) is 11.1. The van der Waals surface area contributed by atoms with Crippen LogP contribution in [-0.2, 0) is 25.5 Å². The van der Waals surface area contributed by atoms with E-state index in [1.165, 1.54) is 5.56 Å². The van der Waals surface area contributed by atoms with Crippen LogP contribution in [0, 0.1) is 13.8 Å². The van der Waals surface area contributed by atoms with Crippen molar-refractivity contribution in [2.45, 2.75) is 64.8 Å². The van der Waals surface area contributed by atoms with Crippen molar-refractivity contribution >= 4 is 21.6 Å². The van der Waals surface area contributed by atoms with E-state index >= 15 is 0 Å². The molecule has 1 aromatic carbocycles. The van der Waals surface area contributed by atoms with Gasteiger partial charge in [0.1, 0.15) is 5.54 Å². The number of hydrogen-bond acceptors (Lipinski definition) is 4. The molecule has 5 nitrogen and oxygen atoms in total. The quantitative estimate of drug-likeness (QED) is 0.817. The zero-order valence-corrected chi connectivity index (χ0v) is 16.8. The summed E-state index contributed by atoms with van der Waals surface area (Å²) in [5, 5.41) is 3.07. The summed E-state index contributed by atoms with van der Waals surface area (Å²) >= 11 is 0. The van der Waals surface area contributed by atoms with Gasteiger partial charge in [-0.05, 0) is 55.4 Å². The average molecular weight is 378 g/mol. The van der Waals surface area contributed by atoms with Crippen LogP contribution in [0.25, 0.3) is 5.57 Å². The molecular weight excluding hydrogens is 350 g/mol. The molecule has 1 aliphatic heterocycles. The maximum Gasteiger partial charge on any atom is 0.306 e. The van der Waals surface area contributed by atoms with Gasteiger partial charge in [0, 0.05) is 0 Å². The number of carbonyl (C=O) groups is 1. The summed E-state index contributed by atoms with van der Waals surface area (Å²) in [6.07, 6.45) is 6.33. The fourth-order valence-corrected chi connectivity index (χ4v) is 4.88. The third-order valence-electron chi connectivity index (χ3n) is 5.43. The lowest BCUT2D eigenvalue weighted by molar-refractivity contribution is -0.116. The lowest BCUT2D eigenvalue weighted by atomic mass is 9.80. The van der Waals surface area contributed by atoms with Gasteiger partial charge in [-0.25, -0.2) is 0 Å². The number of benzene rings is 1. The van der Waals surface area contributed by atoms with Crippen molar-refractivity contribution in [2.75, 3.05) is 6.26 Å². The number of carbonyl (C=O) groups excluding carboxylic acids is 1. The van der Waals surface area contributed by atoms with Gasteiger partial charge in [0.25, 0.3) is 5.91 Å². The van der Waals surface area contributed by atoms with Gasteiger partial charge in [0.15, 0.2) is 5.76 Å². The van der Waals surface area contributed by atoms with Crippen LogP contribution >= 0.6 is 0 Å². The van der Waals surface area contributed by atoms with E-state index in [9.17, 15) is 13.2 Å². The molecule has 0 saturated heterocycles. The van der Waals surface area contributed by atoms with Crippen LogP contribution in [-0.4, -0.2) is 26.1 Å². The standard InChI is InChI=1S/C20H27NO4S/c1-5-15-11-13(2)16(14(3)12-15)17-18(25-26(4,23)24)20(21-19(17)22)9-7-6-8-10-20/h11-12H,5-10H2,1-4H3,(H,21,22). The maximum atomic E-state index is 13.0. The van der Waals surface area contributed by atoms with E-state index in [0.717, 1.165) is 48.6 Å². The molecule has 0 atom stereocenters. The summed E-state index contributed by atoms with van der Waals surface area (Å²) in [7, 11) is -3.74. The van der Waals surface area contributed by atoms with Gasteiger partial charge in [0.2, 0.25) is 0 Å². The number of nitrogens with one attached hydrogen (secondary N) is 1. The third-order valence-corrected chi connectivity index (χ3v) is 5.90. The van der Waals surface area contributed by atoms with Gasteiger partial charge in [0.05, 0.1) is 11.8 Å². The molecule has 0 bridgehead atoms. The predicted molar refractivity (Wildman–Crippen MR) is 102 cm³/mol. The Hall–Kier alpha value is -1.82. The minimum absolute atomic E-state index is 0.235. The number of rotatable bonds is 4. The number of amides is 1. The van der Waals surface area contributed by atoms with Gasteiger partial charge in [-0.2, -0.15) is 8.42 Å². The molecule has 1 amide bonds. The Balaban J connectivity index is 2.25. The summed E-state index contributed by atoms with van der Waals surface area (Å²) in [4.78, 5) is 13.0. The highest BCUT2D eigenvalue weighted by molar-refractivity contribution is 7.86. The Morgan fingerprint density at radius 1 is 1.12 bits per heavy atom. The third kappa shape index (κ3) is 3.39. The molecular formula is C20H27NO4S. The second kappa shape index (κ2) is 6.72.